The first-order valence-electron chi connectivity index (χ1n) is 10.9. The van der Waals surface area contributed by atoms with Gasteiger partial charge < -0.3 is 29.1 Å². The van der Waals surface area contributed by atoms with Gasteiger partial charge in [0.1, 0.15) is 24.7 Å². The average molecular weight is 453 g/mol. The number of benzene rings is 2. The number of likely N-dealkylation sites (tertiary alicyclic amines) is 1. The quantitative estimate of drug-likeness (QED) is 0.393. The van der Waals surface area contributed by atoms with E-state index in [1.165, 1.54) is 4.90 Å². The Bertz CT molecular complexity index is 1080. The Kier molecular flexibility index (Phi) is 6.55. The summed E-state index contributed by atoms with van der Waals surface area (Å²) in [5.74, 6) is 0.179. The Morgan fingerprint density at radius 2 is 1.79 bits per heavy atom. The van der Waals surface area contributed by atoms with E-state index >= 15 is 0 Å². The zero-order valence-corrected chi connectivity index (χ0v) is 19.0. The zero-order chi connectivity index (χ0) is 23.5. The van der Waals surface area contributed by atoms with Crippen LogP contribution in [0.3, 0.4) is 0 Å². The van der Waals surface area contributed by atoms with Crippen molar-refractivity contribution in [1.82, 2.24) is 9.80 Å². The molecule has 4 rings (SSSR count). The fourth-order valence-electron chi connectivity index (χ4n) is 4.15. The molecule has 2 aliphatic heterocycles. The Balaban J connectivity index is 1.77. The number of ether oxygens (including phenoxy) is 3. The monoisotopic (exact) mass is 452 g/mol. The molecule has 2 heterocycles. The Hall–Kier alpha value is -3.52. The summed E-state index contributed by atoms with van der Waals surface area (Å²) in [5, 5.41) is 11.2. The van der Waals surface area contributed by atoms with Gasteiger partial charge in [-0.2, -0.15) is 0 Å². The van der Waals surface area contributed by atoms with E-state index in [1.54, 1.807) is 37.4 Å². The molecule has 0 aromatic heterocycles. The van der Waals surface area contributed by atoms with Crippen LogP contribution in [0.4, 0.5) is 0 Å². The van der Waals surface area contributed by atoms with Crippen molar-refractivity contribution in [1.29, 1.82) is 0 Å². The molecule has 0 bridgehead atoms. The maximum Gasteiger partial charge on any atom is 0.295 e. The number of nitrogens with zero attached hydrogens (tertiary/aromatic N) is 2. The van der Waals surface area contributed by atoms with E-state index < -0.39 is 17.7 Å². The molecular formula is C25H28N2O6. The van der Waals surface area contributed by atoms with Gasteiger partial charge in [0.25, 0.3) is 11.7 Å². The SMILES string of the molecule is COc1ccc([C@H]2/C(=C(\O)c3ccc4c(c3)OCCO4)C(=O)C(=O)N2CCCN(C)C)cc1. The largest absolute Gasteiger partial charge is 0.507 e. The molecule has 0 aliphatic carbocycles. The maximum atomic E-state index is 13.1. The van der Waals surface area contributed by atoms with Gasteiger partial charge in [-0.1, -0.05) is 12.1 Å². The number of methoxy groups -OCH3 is 1. The number of carbonyl (C=O) groups excluding carboxylic acids is 2. The normalized spacial score (nSPS) is 19.3. The number of aliphatic hydroxyl groups excluding tert-OH is 1. The molecule has 1 N–H and O–H groups in total. The third kappa shape index (κ3) is 4.52. The first-order chi connectivity index (χ1) is 15.9. The Labute approximate surface area is 193 Å². The van der Waals surface area contributed by atoms with Gasteiger partial charge in [-0.3, -0.25) is 9.59 Å². The van der Waals surface area contributed by atoms with Crippen LogP contribution in [0.5, 0.6) is 17.2 Å². The van der Waals surface area contributed by atoms with Crippen molar-refractivity contribution in [2.45, 2.75) is 12.5 Å². The molecular weight excluding hydrogens is 424 g/mol. The highest BCUT2D eigenvalue weighted by Gasteiger charge is 2.45. The third-order valence-electron chi connectivity index (χ3n) is 5.79. The molecule has 8 heteroatoms. The van der Waals surface area contributed by atoms with Crippen molar-refractivity contribution in [3.63, 3.8) is 0 Å². The minimum absolute atomic E-state index is 0.0618. The summed E-state index contributed by atoms with van der Waals surface area (Å²) < 4.78 is 16.4. The lowest BCUT2D eigenvalue weighted by Gasteiger charge is -2.26. The van der Waals surface area contributed by atoms with Crippen molar-refractivity contribution in [2.24, 2.45) is 0 Å². The summed E-state index contributed by atoms with van der Waals surface area (Å²) >= 11 is 0. The molecule has 0 spiro atoms. The summed E-state index contributed by atoms with van der Waals surface area (Å²) in [7, 11) is 5.48. The van der Waals surface area contributed by atoms with Crippen molar-refractivity contribution in [2.75, 3.05) is 47.5 Å². The van der Waals surface area contributed by atoms with Crippen LogP contribution in [0.2, 0.25) is 0 Å². The molecule has 2 aromatic carbocycles. The molecule has 1 amide bonds. The predicted molar refractivity (Wildman–Crippen MR) is 123 cm³/mol. The average Bonchev–Trinajstić information content (AvgIpc) is 3.08. The summed E-state index contributed by atoms with van der Waals surface area (Å²) in [5.41, 5.74) is 1.18. The third-order valence-corrected chi connectivity index (χ3v) is 5.79. The first-order valence-corrected chi connectivity index (χ1v) is 10.9. The van der Waals surface area contributed by atoms with Gasteiger partial charge >= 0.3 is 0 Å². The lowest BCUT2D eigenvalue weighted by Crippen LogP contribution is -2.32. The van der Waals surface area contributed by atoms with E-state index in [-0.39, 0.29) is 11.3 Å². The van der Waals surface area contributed by atoms with Crippen LogP contribution in [0.25, 0.3) is 5.76 Å². The number of amides is 1. The second-order valence-electron chi connectivity index (χ2n) is 8.28. The van der Waals surface area contributed by atoms with Crippen LogP contribution < -0.4 is 14.2 Å². The molecule has 1 fully saturated rings. The van der Waals surface area contributed by atoms with Crippen LogP contribution >= 0.6 is 0 Å². The van der Waals surface area contributed by atoms with Crippen molar-refractivity contribution < 1.29 is 28.9 Å². The second-order valence-corrected chi connectivity index (χ2v) is 8.28. The number of ketones is 1. The van der Waals surface area contributed by atoms with Gasteiger partial charge in [0.2, 0.25) is 0 Å². The number of hydrogen-bond acceptors (Lipinski definition) is 7. The summed E-state index contributed by atoms with van der Waals surface area (Å²) in [4.78, 5) is 29.7. The van der Waals surface area contributed by atoms with Crippen molar-refractivity contribution >= 4 is 17.4 Å². The number of fused-ring (bicyclic) bond motifs is 1. The van der Waals surface area contributed by atoms with Gasteiger partial charge in [-0.15, -0.1) is 0 Å². The van der Waals surface area contributed by atoms with Crippen LogP contribution in [-0.4, -0.2) is 74.1 Å². The summed E-state index contributed by atoms with van der Waals surface area (Å²) in [6.07, 6.45) is 0.691. The van der Waals surface area contributed by atoms with E-state index in [0.717, 1.165) is 12.1 Å². The molecule has 2 aromatic rings. The number of rotatable bonds is 7. The molecule has 0 radical (unpaired) electrons. The van der Waals surface area contributed by atoms with Crippen LogP contribution in [0.15, 0.2) is 48.0 Å². The van der Waals surface area contributed by atoms with Gasteiger partial charge in [-0.05, 0) is 63.0 Å². The smallest absolute Gasteiger partial charge is 0.295 e. The van der Waals surface area contributed by atoms with Gasteiger partial charge in [0.05, 0.1) is 18.7 Å². The lowest BCUT2D eigenvalue weighted by molar-refractivity contribution is -0.139. The standard InChI is InChI=1S/C25H28N2O6/c1-26(2)11-4-12-27-22(16-5-8-18(31-3)9-6-16)21(24(29)25(27)30)23(28)17-7-10-19-20(15-17)33-14-13-32-19/h5-10,15,22,28H,4,11-14H2,1-3H3/b23-21+/t22-/m0/s1. The number of Topliss-reactive ketones (excluding diaryl/α,β-unsaturated/α-hetero) is 1. The van der Waals surface area contributed by atoms with E-state index in [2.05, 4.69) is 0 Å². The van der Waals surface area contributed by atoms with Crippen LogP contribution in [0.1, 0.15) is 23.6 Å². The zero-order valence-electron chi connectivity index (χ0n) is 19.0. The number of carbonyl (C=O) groups is 2. The van der Waals surface area contributed by atoms with E-state index in [4.69, 9.17) is 14.2 Å². The Morgan fingerprint density at radius 3 is 2.45 bits per heavy atom. The van der Waals surface area contributed by atoms with E-state index in [9.17, 15) is 14.7 Å². The summed E-state index contributed by atoms with van der Waals surface area (Å²) in [6.45, 7) is 2.01. The molecule has 2 aliphatic rings. The minimum atomic E-state index is -0.703. The first kappa shape index (κ1) is 22.7. The van der Waals surface area contributed by atoms with Gasteiger partial charge in [0.15, 0.2) is 11.5 Å². The topological polar surface area (TPSA) is 88.5 Å². The second kappa shape index (κ2) is 9.54. The van der Waals surface area contributed by atoms with Crippen LogP contribution in [0, 0.1) is 0 Å². The van der Waals surface area contributed by atoms with E-state index in [1.807, 2.05) is 31.1 Å². The molecule has 1 atom stereocenters. The minimum Gasteiger partial charge on any atom is -0.507 e. The number of hydrogen-bond donors (Lipinski definition) is 1. The maximum absolute atomic E-state index is 13.1. The molecule has 0 unspecified atom stereocenters. The van der Waals surface area contributed by atoms with Crippen molar-refractivity contribution in [3.8, 4) is 17.2 Å². The van der Waals surface area contributed by atoms with Crippen LogP contribution in [-0.2, 0) is 9.59 Å². The highest BCUT2D eigenvalue weighted by molar-refractivity contribution is 6.46. The fraction of sp³-hybridized carbons (Fsp3) is 0.360. The number of aliphatic hydroxyl groups is 1. The van der Waals surface area contributed by atoms with Gasteiger partial charge in [-0.25, -0.2) is 0 Å². The Morgan fingerprint density at radius 1 is 1.09 bits per heavy atom. The molecule has 1 saturated heterocycles. The van der Waals surface area contributed by atoms with E-state index in [0.29, 0.717) is 49.0 Å². The predicted octanol–water partition coefficient (Wildman–Crippen LogP) is 2.84. The van der Waals surface area contributed by atoms with Crippen molar-refractivity contribution in [3.05, 3.63) is 59.2 Å². The molecule has 8 nitrogen and oxygen atoms in total. The lowest BCUT2D eigenvalue weighted by atomic mass is 9.95. The van der Waals surface area contributed by atoms with Gasteiger partial charge in [0, 0.05) is 12.1 Å². The summed E-state index contributed by atoms with van der Waals surface area (Å²) in [6, 6.07) is 11.5. The molecule has 174 valence electrons. The highest BCUT2D eigenvalue weighted by atomic mass is 16.6. The molecule has 0 saturated carbocycles. The highest BCUT2D eigenvalue weighted by Crippen LogP contribution is 2.41. The molecule has 33 heavy (non-hydrogen) atoms. The fourth-order valence-corrected chi connectivity index (χ4v) is 4.15.